The predicted octanol–water partition coefficient (Wildman–Crippen LogP) is 5.07. The molecule has 4 rings (SSSR count). The third-order valence-corrected chi connectivity index (χ3v) is 6.66. The third kappa shape index (κ3) is 4.55. The molecule has 160 valence electrons. The highest BCUT2D eigenvalue weighted by molar-refractivity contribution is 7.20. The minimum atomic E-state index is -0.205. The molecule has 0 aliphatic carbocycles. The van der Waals surface area contributed by atoms with Crippen LogP contribution < -0.4 is 5.32 Å². The summed E-state index contributed by atoms with van der Waals surface area (Å²) in [5.74, 6) is -0.265. The van der Waals surface area contributed by atoms with Gasteiger partial charge in [0.2, 0.25) is 0 Å². The molecule has 2 amide bonds. The highest BCUT2D eigenvalue weighted by atomic mass is 32.1. The van der Waals surface area contributed by atoms with Gasteiger partial charge in [0.25, 0.3) is 11.8 Å². The molecule has 0 saturated carbocycles. The lowest BCUT2D eigenvalue weighted by Crippen LogP contribution is -2.41. The Morgan fingerprint density at radius 2 is 1.61 bits per heavy atom. The fourth-order valence-electron chi connectivity index (χ4n) is 3.93. The molecular weight excluding hydrogens is 408 g/mol. The molecule has 1 fully saturated rings. The zero-order valence-electron chi connectivity index (χ0n) is 18.0. The number of anilines is 1. The standard InChI is InChI=1S/C25H26N2O3S/c1-16-13-17(2)15-20(14-16)23(28)26-24-21(25(29)27-9-11-30-12-10-27)18(3)22(31-24)19-7-5-4-6-8-19/h4-8,13-15H,9-12H2,1-3H3,(H,26,28). The van der Waals surface area contributed by atoms with E-state index in [9.17, 15) is 9.59 Å². The van der Waals surface area contributed by atoms with Crippen molar-refractivity contribution in [1.82, 2.24) is 4.90 Å². The number of aryl methyl sites for hydroxylation is 2. The molecule has 6 heteroatoms. The SMILES string of the molecule is Cc1cc(C)cc(C(=O)Nc2sc(-c3ccccc3)c(C)c2C(=O)N2CCOCC2)c1. The van der Waals surface area contributed by atoms with E-state index in [0.29, 0.717) is 42.4 Å². The highest BCUT2D eigenvalue weighted by Crippen LogP contribution is 2.40. The van der Waals surface area contributed by atoms with Crippen molar-refractivity contribution >= 4 is 28.2 Å². The van der Waals surface area contributed by atoms with Gasteiger partial charge in [0.05, 0.1) is 18.8 Å². The van der Waals surface area contributed by atoms with E-state index in [1.807, 2.05) is 69.3 Å². The maximum Gasteiger partial charge on any atom is 0.257 e. The molecule has 31 heavy (non-hydrogen) atoms. The Labute approximate surface area is 186 Å². The second-order valence-corrected chi connectivity index (χ2v) is 8.88. The summed E-state index contributed by atoms with van der Waals surface area (Å²) < 4.78 is 5.40. The second-order valence-electron chi connectivity index (χ2n) is 7.86. The first kappa shape index (κ1) is 21.3. The molecule has 2 heterocycles. The van der Waals surface area contributed by atoms with E-state index in [1.54, 1.807) is 4.90 Å². The number of rotatable bonds is 4. The van der Waals surface area contributed by atoms with Crippen molar-refractivity contribution in [2.75, 3.05) is 31.6 Å². The van der Waals surface area contributed by atoms with Gasteiger partial charge < -0.3 is 15.0 Å². The molecule has 2 aromatic carbocycles. The van der Waals surface area contributed by atoms with E-state index in [1.165, 1.54) is 11.3 Å². The first-order valence-electron chi connectivity index (χ1n) is 10.4. The molecule has 1 aromatic heterocycles. The van der Waals surface area contributed by atoms with Crippen molar-refractivity contribution in [1.29, 1.82) is 0 Å². The average Bonchev–Trinajstić information content (AvgIpc) is 3.09. The molecule has 5 nitrogen and oxygen atoms in total. The Hall–Kier alpha value is -2.96. The van der Waals surface area contributed by atoms with E-state index >= 15 is 0 Å². The molecular formula is C25H26N2O3S. The molecule has 1 N–H and O–H groups in total. The van der Waals surface area contributed by atoms with Crippen LogP contribution in [0, 0.1) is 20.8 Å². The van der Waals surface area contributed by atoms with Gasteiger partial charge in [-0.05, 0) is 44.0 Å². The van der Waals surface area contributed by atoms with Crippen LogP contribution in [-0.2, 0) is 4.74 Å². The summed E-state index contributed by atoms with van der Waals surface area (Å²) in [5, 5.41) is 3.63. The minimum Gasteiger partial charge on any atom is -0.378 e. The van der Waals surface area contributed by atoms with E-state index < -0.39 is 0 Å². The Bertz CT molecular complexity index is 1100. The molecule has 0 atom stereocenters. The molecule has 0 spiro atoms. The number of nitrogens with one attached hydrogen (secondary N) is 1. The highest BCUT2D eigenvalue weighted by Gasteiger charge is 2.28. The molecule has 0 radical (unpaired) electrons. The normalized spacial score (nSPS) is 13.8. The zero-order chi connectivity index (χ0) is 22.0. The third-order valence-electron chi connectivity index (χ3n) is 5.41. The Morgan fingerprint density at radius 1 is 0.968 bits per heavy atom. The number of nitrogens with zero attached hydrogens (tertiary/aromatic N) is 1. The van der Waals surface area contributed by atoms with Gasteiger partial charge in [-0.3, -0.25) is 9.59 Å². The van der Waals surface area contributed by atoms with E-state index in [0.717, 1.165) is 27.1 Å². The lowest BCUT2D eigenvalue weighted by Gasteiger charge is -2.27. The molecule has 1 aliphatic heterocycles. The monoisotopic (exact) mass is 434 g/mol. The van der Waals surface area contributed by atoms with Crippen molar-refractivity contribution < 1.29 is 14.3 Å². The van der Waals surface area contributed by atoms with Crippen molar-refractivity contribution in [2.45, 2.75) is 20.8 Å². The largest absolute Gasteiger partial charge is 0.378 e. The van der Waals surface area contributed by atoms with Crippen LogP contribution in [0.2, 0.25) is 0 Å². The van der Waals surface area contributed by atoms with Gasteiger partial charge in [0.1, 0.15) is 5.00 Å². The van der Waals surface area contributed by atoms with E-state index in [2.05, 4.69) is 5.32 Å². The number of carbonyl (C=O) groups excluding carboxylic acids is 2. The molecule has 0 bridgehead atoms. The Morgan fingerprint density at radius 3 is 2.26 bits per heavy atom. The van der Waals surface area contributed by atoms with Gasteiger partial charge >= 0.3 is 0 Å². The van der Waals surface area contributed by atoms with Crippen LogP contribution in [0.4, 0.5) is 5.00 Å². The fourth-order valence-corrected chi connectivity index (χ4v) is 5.13. The van der Waals surface area contributed by atoms with Crippen molar-refractivity contribution in [3.05, 3.63) is 76.3 Å². The number of carbonyl (C=O) groups is 2. The van der Waals surface area contributed by atoms with Gasteiger partial charge in [-0.15, -0.1) is 11.3 Å². The van der Waals surface area contributed by atoms with Gasteiger partial charge in [-0.25, -0.2) is 0 Å². The van der Waals surface area contributed by atoms with Crippen molar-refractivity contribution in [2.24, 2.45) is 0 Å². The van der Waals surface area contributed by atoms with Gasteiger partial charge in [-0.1, -0.05) is 47.5 Å². The summed E-state index contributed by atoms with van der Waals surface area (Å²) in [5.41, 5.74) is 5.15. The summed E-state index contributed by atoms with van der Waals surface area (Å²) in [4.78, 5) is 29.3. The number of amides is 2. The first-order valence-corrected chi connectivity index (χ1v) is 11.2. The summed E-state index contributed by atoms with van der Waals surface area (Å²) in [6, 6.07) is 15.7. The molecule has 1 saturated heterocycles. The summed E-state index contributed by atoms with van der Waals surface area (Å²) in [6.07, 6.45) is 0. The second kappa shape index (κ2) is 9.04. The van der Waals surface area contributed by atoms with Crippen LogP contribution in [-0.4, -0.2) is 43.0 Å². The summed E-state index contributed by atoms with van der Waals surface area (Å²) >= 11 is 1.45. The molecule has 0 unspecified atom stereocenters. The maximum absolute atomic E-state index is 13.4. The van der Waals surface area contributed by atoms with Gasteiger partial charge in [0.15, 0.2) is 0 Å². The summed E-state index contributed by atoms with van der Waals surface area (Å²) in [7, 11) is 0. The number of thiophene rings is 1. The smallest absolute Gasteiger partial charge is 0.257 e. The van der Waals surface area contributed by atoms with Crippen LogP contribution in [0.1, 0.15) is 37.4 Å². The quantitative estimate of drug-likeness (QED) is 0.624. The number of hydrogen-bond acceptors (Lipinski definition) is 4. The van der Waals surface area contributed by atoms with E-state index in [-0.39, 0.29) is 11.8 Å². The van der Waals surface area contributed by atoms with Crippen LogP contribution in [0.15, 0.2) is 48.5 Å². The average molecular weight is 435 g/mol. The van der Waals surface area contributed by atoms with Gasteiger partial charge in [0, 0.05) is 23.5 Å². The van der Waals surface area contributed by atoms with Crippen molar-refractivity contribution in [3.63, 3.8) is 0 Å². The number of ether oxygens (including phenoxy) is 1. The van der Waals surface area contributed by atoms with Crippen LogP contribution in [0.5, 0.6) is 0 Å². The number of hydrogen-bond donors (Lipinski definition) is 1. The summed E-state index contributed by atoms with van der Waals surface area (Å²) in [6.45, 7) is 8.08. The minimum absolute atomic E-state index is 0.0602. The fraction of sp³-hybridized carbons (Fsp3) is 0.280. The predicted molar refractivity (Wildman–Crippen MR) is 125 cm³/mol. The Kier molecular flexibility index (Phi) is 6.20. The molecule has 3 aromatic rings. The van der Waals surface area contributed by atoms with Crippen LogP contribution in [0.3, 0.4) is 0 Å². The topological polar surface area (TPSA) is 58.6 Å². The first-order chi connectivity index (χ1) is 14.9. The number of morpholine rings is 1. The van der Waals surface area contributed by atoms with Crippen LogP contribution in [0.25, 0.3) is 10.4 Å². The zero-order valence-corrected chi connectivity index (χ0v) is 18.8. The molecule has 1 aliphatic rings. The Balaban J connectivity index is 1.74. The lowest BCUT2D eigenvalue weighted by molar-refractivity contribution is 0.0303. The van der Waals surface area contributed by atoms with Crippen molar-refractivity contribution in [3.8, 4) is 10.4 Å². The van der Waals surface area contributed by atoms with E-state index in [4.69, 9.17) is 4.74 Å². The van der Waals surface area contributed by atoms with Gasteiger partial charge in [-0.2, -0.15) is 0 Å². The lowest BCUT2D eigenvalue weighted by atomic mass is 10.0. The maximum atomic E-state index is 13.4. The van der Waals surface area contributed by atoms with Crippen LogP contribution >= 0.6 is 11.3 Å². The number of benzene rings is 2.